The van der Waals surface area contributed by atoms with Crippen LogP contribution in [0.25, 0.3) is 10.8 Å². The number of nitrogens with zero attached hydrogens (tertiary/aromatic N) is 3. The third-order valence-corrected chi connectivity index (χ3v) is 7.79. The fraction of sp³-hybridized carbons (Fsp3) is 0.300. The first-order chi connectivity index (χ1) is 18.7. The van der Waals surface area contributed by atoms with Crippen molar-refractivity contribution in [2.24, 2.45) is 0 Å². The van der Waals surface area contributed by atoms with Gasteiger partial charge in [0.2, 0.25) is 5.91 Å². The molecule has 2 saturated heterocycles. The molecule has 2 fully saturated rings. The van der Waals surface area contributed by atoms with Gasteiger partial charge in [-0.3, -0.25) is 9.78 Å². The van der Waals surface area contributed by atoms with Crippen LogP contribution in [0.3, 0.4) is 0 Å². The first-order valence-corrected chi connectivity index (χ1v) is 13.6. The lowest BCUT2D eigenvalue weighted by molar-refractivity contribution is -0.116. The van der Waals surface area contributed by atoms with Crippen LogP contribution >= 0.6 is 12.2 Å². The summed E-state index contributed by atoms with van der Waals surface area (Å²) in [5.41, 5.74) is 2.88. The van der Waals surface area contributed by atoms with E-state index in [9.17, 15) is 4.79 Å². The van der Waals surface area contributed by atoms with Gasteiger partial charge in [-0.1, -0.05) is 42.5 Å². The Labute approximate surface area is 227 Å². The Morgan fingerprint density at radius 3 is 2.79 bits per heavy atom. The maximum Gasteiger partial charge on any atom is 0.226 e. The van der Waals surface area contributed by atoms with Crippen molar-refractivity contribution in [3.05, 3.63) is 96.6 Å². The zero-order valence-electron chi connectivity index (χ0n) is 21.1. The minimum atomic E-state index is -0.122. The summed E-state index contributed by atoms with van der Waals surface area (Å²) >= 11 is 5.82. The molecule has 3 atom stereocenters. The summed E-state index contributed by atoms with van der Waals surface area (Å²) in [6.45, 7) is 2.11. The number of ether oxygens (including phenoxy) is 1. The first-order valence-electron chi connectivity index (χ1n) is 13.2. The molecule has 2 aliphatic rings. The van der Waals surface area contributed by atoms with E-state index in [4.69, 9.17) is 17.0 Å². The Bertz CT molecular complexity index is 1430. The number of anilines is 1. The maximum absolute atomic E-state index is 13.1. The highest BCUT2D eigenvalue weighted by atomic mass is 32.1. The van der Waals surface area contributed by atoms with E-state index in [0.29, 0.717) is 18.1 Å². The molecule has 4 heterocycles. The summed E-state index contributed by atoms with van der Waals surface area (Å²) < 4.78 is 8.20. The van der Waals surface area contributed by atoms with Crippen LogP contribution in [0.15, 0.2) is 85.2 Å². The number of hydrogen-bond acceptors (Lipinski definition) is 4. The monoisotopic (exact) mass is 525 g/mol. The van der Waals surface area contributed by atoms with Crippen molar-refractivity contribution in [3.63, 3.8) is 0 Å². The van der Waals surface area contributed by atoms with Crippen LogP contribution in [-0.4, -0.2) is 44.7 Å². The van der Waals surface area contributed by atoms with Crippen molar-refractivity contribution in [1.29, 1.82) is 0 Å². The zero-order valence-corrected chi connectivity index (χ0v) is 21.9. The molecule has 8 heteroatoms. The first kappa shape index (κ1) is 24.6. The van der Waals surface area contributed by atoms with E-state index in [1.54, 1.807) is 0 Å². The Balaban J connectivity index is 1.24. The molecule has 6 rings (SSSR count). The molecule has 2 aliphatic heterocycles. The van der Waals surface area contributed by atoms with Crippen molar-refractivity contribution >= 4 is 39.7 Å². The third kappa shape index (κ3) is 5.01. The lowest BCUT2D eigenvalue weighted by atomic mass is 10.0. The molecule has 0 radical (unpaired) electrons. The van der Waals surface area contributed by atoms with Gasteiger partial charge in [0.15, 0.2) is 5.11 Å². The molecule has 2 aromatic heterocycles. The van der Waals surface area contributed by atoms with Crippen LogP contribution in [0.1, 0.15) is 42.7 Å². The van der Waals surface area contributed by atoms with Gasteiger partial charge in [-0.25, -0.2) is 0 Å². The zero-order chi connectivity index (χ0) is 25.9. The largest absolute Gasteiger partial charge is 0.376 e. The van der Waals surface area contributed by atoms with Gasteiger partial charge in [-0.05, 0) is 60.8 Å². The Morgan fingerprint density at radius 2 is 1.95 bits per heavy atom. The van der Waals surface area contributed by atoms with E-state index in [1.165, 1.54) is 0 Å². The fourth-order valence-corrected chi connectivity index (χ4v) is 5.94. The fourth-order valence-electron chi connectivity index (χ4n) is 5.61. The van der Waals surface area contributed by atoms with Crippen LogP contribution in [0.2, 0.25) is 0 Å². The van der Waals surface area contributed by atoms with E-state index in [0.717, 1.165) is 53.8 Å². The Kier molecular flexibility index (Phi) is 7.07. The number of rotatable bonds is 8. The molecule has 0 saturated carbocycles. The van der Waals surface area contributed by atoms with Crippen molar-refractivity contribution in [3.8, 4) is 0 Å². The third-order valence-electron chi connectivity index (χ3n) is 7.43. The highest BCUT2D eigenvalue weighted by Gasteiger charge is 2.41. The number of benzene rings is 2. The number of amides is 1. The minimum Gasteiger partial charge on any atom is -0.376 e. The molecule has 7 nitrogen and oxygen atoms in total. The highest BCUT2D eigenvalue weighted by Crippen LogP contribution is 2.39. The summed E-state index contributed by atoms with van der Waals surface area (Å²) in [6.07, 6.45) is 6.62. The molecular weight excluding hydrogens is 494 g/mol. The molecule has 4 aromatic rings. The average molecular weight is 526 g/mol. The number of hydrogen-bond donors (Lipinski definition) is 2. The summed E-state index contributed by atoms with van der Waals surface area (Å²) in [4.78, 5) is 19.9. The van der Waals surface area contributed by atoms with Crippen LogP contribution in [0.4, 0.5) is 5.69 Å². The SMILES string of the molecule is O=C(CCN1C(=S)N[C@@H](c2ccccn2)[C@@H]1c1cccn1C[C@@H]1CCCO1)Nc1cccc2ccccc12. The van der Waals surface area contributed by atoms with Crippen LogP contribution in [0.5, 0.6) is 0 Å². The van der Waals surface area contributed by atoms with Gasteiger partial charge >= 0.3 is 0 Å². The lowest BCUT2D eigenvalue weighted by Gasteiger charge is -2.29. The summed E-state index contributed by atoms with van der Waals surface area (Å²) in [5, 5.41) is 9.37. The quantitative estimate of drug-likeness (QED) is 0.308. The number of nitrogens with one attached hydrogen (secondary N) is 2. The van der Waals surface area contributed by atoms with E-state index in [1.807, 2.05) is 66.9 Å². The Morgan fingerprint density at radius 1 is 1.08 bits per heavy atom. The highest BCUT2D eigenvalue weighted by molar-refractivity contribution is 7.80. The molecule has 38 heavy (non-hydrogen) atoms. The van der Waals surface area contributed by atoms with Crippen LogP contribution < -0.4 is 10.6 Å². The van der Waals surface area contributed by atoms with Crippen molar-refractivity contribution in [1.82, 2.24) is 19.8 Å². The van der Waals surface area contributed by atoms with Gasteiger partial charge in [-0.15, -0.1) is 0 Å². The van der Waals surface area contributed by atoms with E-state index >= 15 is 0 Å². The van der Waals surface area contributed by atoms with Gasteiger partial charge in [0, 0.05) is 55.3 Å². The summed E-state index contributed by atoms with van der Waals surface area (Å²) in [6, 6.07) is 24.0. The molecule has 0 spiro atoms. The molecule has 1 amide bonds. The molecule has 2 aromatic carbocycles. The predicted octanol–water partition coefficient (Wildman–Crippen LogP) is 5.22. The maximum atomic E-state index is 13.1. The second kappa shape index (κ2) is 10.9. The van der Waals surface area contributed by atoms with Gasteiger partial charge < -0.3 is 24.8 Å². The molecule has 0 unspecified atom stereocenters. The average Bonchev–Trinajstić information content (AvgIpc) is 3.69. The normalized spacial score (nSPS) is 21.1. The number of aromatic nitrogens is 2. The molecule has 2 N–H and O–H groups in total. The van der Waals surface area contributed by atoms with Gasteiger partial charge in [0.05, 0.1) is 23.9 Å². The molecular formula is C30H31N5O2S. The molecule has 194 valence electrons. The topological polar surface area (TPSA) is 71.4 Å². The van der Waals surface area contributed by atoms with Gasteiger partial charge in [-0.2, -0.15) is 0 Å². The van der Waals surface area contributed by atoms with E-state index in [2.05, 4.69) is 43.4 Å². The summed E-state index contributed by atoms with van der Waals surface area (Å²) in [7, 11) is 0. The van der Waals surface area contributed by atoms with Gasteiger partial charge in [0.25, 0.3) is 0 Å². The molecule has 0 bridgehead atoms. The minimum absolute atomic E-state index is 0.0427. The smallest absolute Gasteiger partial charge is 0.226 e. The van der Waals surface area contributed by atoms with E-state index < -0.39 is 0 Å². The number of fused-ring (bicyclic) bond motifs is 1. The van der Waals surface area contributed by atoms with Crippen LogP contribution in [0, 0.1) is 0 Å². The van der Waals surface area contributed by atoms with Crippen molar-refractivity contribution in [2.75, 3.05) is 18.5 Å². The second-order valence-electron chi connectivity index (χ2n) is 9.87. The second-order valence-corrected chi connectivity index (χ2v) is 10.3. The number of thiocarbonyl (C=S) groups is 1. The van der Waals surface area contributed by atoms with Gasteiger partial charge in [0.1, 0.15) is 0 Å². The standard InChI is InChI=1S/C30H31N5O2S/c36-27(32-24-13-5-9-21-8-1-2-11-23(21)24)15-18-35-29(28(33-30(35)38)25-12-3-4-16-31-25)26-14-6-17-34(26)20-22-10-7-19-37-22/h1-6,8-9,11-14,16-17,22,28-29H,7,10,15,18-20H2,(H,32,36)(H,33,38)/t22-,28-,29-/m0/s1. The number of pyridine rings is 1. The molecule has 0 aliphatic carbocycles. The van der Waals surface area contributed by atoms with Crippen LogP contribution in [-0.2, 0) is 16.1 Å². The summed E-state index contributed by atoms with van der Waals surface area (Å²) in [5.74, 6) is -0.0427. The van der Waals surface area contributed by atoms with Crippen molar-refractivity contribution in [2.45, 2.75) is 44.0 Å². The Hall–Kier alpha value is -3.75. The number of carbonyl (C=O) groups is 1. The van der Waals surface area contributed by atoms with E-state index in [-0.39, 0.29) is 24.1 Å². The van der Waals surface area contributed by atoms with Crippen molar-refractivity contribution < 1.29 is 9.53 Å². The lowest BCUT2D eigenvalue weighted by Crippen LogP contribution is -2.33. The predicted molar refractivity (Wildman–Crippen MR) is 153 cm³/mol. The number of carbonyl (C=O) groups excluding carboxylic acids is 1.